The van der Waals surface area contributed by atoms with Crippen LogP contribution in [0.3, 0.4) is 0 Å². The van der Waals surface area contributed by atoms with Gasteiger partial charge in [0.05, 0.1) is 36.2 Å². The van der Waals surface area contributed by atoms with Crippen molar-refractivity contribution in [1.82, 2.24) is 14.2 Å². The van der Waals surface area contributed by atoms with E-state index in [2.05, 4.69) is 9.88 Å². The molecule has 0 atom stereocenters. The Bertz CT molecular complexity index is 860. The zero-order valence-corrected chi connectivity index (χ0v) is 17.1. The minimum atomic E-state index is -3.43. The van der Waals surface area contributed by atoms with Crippen LogP contribution in [0, 0.1) is 0 Å². The van der Waals surface area contributed by atoms with Gasteiger partial charge in [0, 0.05) is 33.2 Å². The maximum Gasteiger partial charge on any atom is 0.244 e. The van der Waals surface area contributed by atoms with Gasteiger partial charge in [0.15, 0.2) is 5.13 Å². The van der Waals surface area contributed by atoms with Crippen molar-refractivity contribution in [2.45, 2.75) is 0 Å². The molecule has 148 valence electrons. The maximum absolute atomic E-state index is 12.9. The van der Waals surface area contributed by atoms with Crippen LogP contribution in [-0.2, 0) is 19.6 Å². The summed E-state index contributed by atoms with van der Waals surface area (Å²) in [5.74, 6) is -0.282. The largest absolute Gasteiger partial charge is 0.379 e. The van der Waals surface area contributed by atoms with Crippen LogP contribution in [0.1, 0.15) is 0 Å². The van der Waals surface area contributed by atoms with E-state index in [0.717, 1.165) is 33.9 Å². The predicted molar refractivity (Wildman–Crippen MR) is 107 cm³/mol. The highest BCUT2D eigenvalue weighted by Gasteiger charge is 2.24. The number of anilines is 1. The zero-order valence-electron chi connectivity index (χ0n) is 15.5. The molecule has 2 heterocycles. The average molecular weight is 413 g/mol. The van der Waals surface area contributed by atoms with E-state index in [4.69, 9.17) is 4.74 Å². The van der Waals surface area contributed by atoms with Crippen LogP contribution >= 0.6 is 11.3 Å². The number of aromatic nitrogens is 1. The molecule has 1 aliphatic heterocycles. The molecule has 1 saturated heterocycles. The van der Waals surface area contributed by atoms with E-state index >= 15 is 0 Å². The topological polar surface area (TPSA) is 83.1 Å². The lowest BCUT2D eigenvalue weighted by Crippen LogP contribution is -2.46. The number of para-hydroxylation sites is 1. The molecule has 0 spiro atoms. The minimum absolute atomic E-state index is 0.210. The summed E-state index contributed by atoms with van der Waals surface area (Å²) in [6.07, 6.45) is 1.09. The average Bonchev–Trinajstić information content (AvgIpc) is 3.05. The van der Waals surface area contributed by atoms with Gasteiger partial charge in [-0.15, -0.1) is 0 Å². The fraction of sp³-hybridized carbons (Fsp3) is 0.529. The molecule has 3 rings (SSSR count). The number of carbonyl (C=O) groups excluding carboxylic acids is 1. The van der Waals surface area contributed by atoms with Crippen LogP contribution < -0.4 is 4.90 Å². The van der Waals surface area contributed by atoms with E-state index in [9.17, 15) is 13.2 Å². The lowest BCUT2D eigenvalue weighted by Gasteiger charge is -2.29. The Morgan fingerprint density at radius 2 is 2.00 bits per heavy atom. The molecule has 0 radical (unpaired) electrons. The van der Waals surface area contributed by atoms with E-state index in [1.807, 2.05) is 24.3 Å². The smallest absolute Gasteiger partial charge is 0.244 e. The molecule has 10 heteroatoms. The minimum Gasteiger partial charge on any atom is -0.379 e. The third kappa shape index (κ3) is 5.23. The highest BCUT2D eigenvalue weighted by molar-refractivity contribution is 7.88. The SMILES string of the molecule is CN(CC(=O)N(CCN1CCOCC1)c1nc2ccccc2s1)S(C)(=O)=O. The van der Waals surface area contributed by atoms with Crippen LogP contribution in [0.25, 0.3) is 10.2 Å². The fourth-order valence-electron chi connectivity index (χ4n) is 2.76. The summed E-state index contributed by atoms with van der Waals surface area (Å²) in [5.41, 5.74) is 0.832. The molecule has 27 heavy (non-hydrogen) atoms. The van der Waals surface area contributed by atoms with Crippen LogP contribution in [0.5, 0.6) is 0 Å². The van der Waals surface area contributed by atoms with Crippen molar-refractivity contribution >= 4 is 42.6 Å². The Kier molecular flexibility index (Phi) is 6.43. The van der Waals surface area contributed by atoms with Crippen LogP contribution in [0.4, 0.5) is 5.13 Å². The Morgan fingerprint density at radius 1 is 1.30 bits per heavy atom. The van der Waals surface area contributed by atoms with Gasteiger partial charge in [-0.25, -0.2) is 13.4 Å². The summed E-state index contributed by atoms with van der Waals surface area (Å²) in [4.78, 5) is 21.3. The van der Waals surface area contributed by atoms with Gasteiger partial charge >= 0.3 is 0 Å². The Hall–Kier alpha value is -1.59. The van der Waals surface area contributed by atoms with Gasteiger partial charge in [-0.1, -0.05) is 23.5 Å². The molecule has 1 fully saturated rings. The predicted octanol–water partition coefficient (Wildman–Crippen LogP) is 0.853. The Balaban J connectivity index is 1.79. The number of sulfonamides is 1. The van der Waals surface area contributed by atoms with E-state index in [-0.39, 0.29) is 12.5 Å². The summed E-state index contributed by atoms with van der Waals surface area (Å²) in [7, 11) is -2.02. The monoisotopic (exact) mass is 412 g/mol. The van der Waals surface area contributed by atoms with Crippen molar-refractivity contribution < 1.29 is 17.9 Å². The first kappa shape index (κ1) is 20.2. The molecule has 1 aliphatic rings. The first-order chi connectivity index (χ1) is 12.8. The van der Waals surface area contributed by atoms with E-state index < -0.39 is 10.0 Å². The number of benzene rings is 1. The number of ether oxygens (including phenoxy) is 1. The number of morpholine rings is 1. The molecule has 0 saturated carbocycles. The summed E-state index contributed by atoms with van der Waals surface area (Å²) in [6, 6.07) is 7.71. The first-order valence-corrected chi connectivity index (χ1v) is 11.4. The van der Waals surface area contributed by atoms with Gasteiger partial charge in [-0.2, -0.15) is 4.31 Å². The highest BCUT2D eigenvalue weighted by atomic mass is 32.2. The van der Waals surface area contributed by atoms with Gasteiger partial charge in [0.25, 0.3) is 0 Å². The van der Waals surface area contributed by atoms with Crippen molar-refractivity contribution in [3.05, 3.63) is 24.3 Å². The quantitative estimate of drug-likeness (QED) is 0.671. The van der Waals surface area contributed by atoms with Crippen molar-refractivity contribution in [3.8, 4) is 0 Å². The molecule has 1 aromatic heterocycles. The molecule has 1 amide bonds. The number of rotatable bonds is 7. The summed E-state index contributed by atoms with van der Waals surface area (Å²) in [5, 5.41) is 0.594. The first-order valence-electron chi connectivity index (χ1n) is 8.72. The summed E-state index contributed by atoms with van der Waals surface area (Å²) >= 11 is 1.44. The maximum atomic E-state index is 12.9. The van der Waals surface area contributed by atoms with Gasteiger partial charge in [0.2, 0.25) is 15.9 Å². The molecule has 0 bridgehead atoms. The standard InChI is InChI=1S/C17H24N4O4S2/c1-19(27(2,23)24)13-16(22)21(8-7-20-9-11-25-12-10-20)17-18-14-5-3-4-6-15(14)26-17/h3-6H,7-13H2,1-2H3. The second kappa shape index (κ2) is 8.61. The van der Waals surface area contributed by atoms with Gasteiger partial charge in [-0.05, 0) is 12.1 Å². The Labute approximate surface area is 163 Å². The van der Waals surface area contributed by atoms with Gasteiger partial charge in [0.1, 0.15) is 0 Å². The van der Waals surface area contributed by atoms with E-state index in [1.165, 1.54) is 18.4 Å². The normalized spacial score (nSPS) is 16.1. The lowest BCUT2D eigenvalue weighted by molar-refractivity contribution is -0.118. The number of amides is 1. The van der Waals surface area contributed by atoms with E-state index in [1.54, 1.807) is 4.90 Å². The number of hydrogen-bond donors (Lipinski definition) is 0. The van der Waals surface area contributed by atoms with Crippen LogP contribution in [-0.4, -0.2) is 87.8 Å². The zero-order chi connectivity index (χ0) is 19.4. The molecular weight excluding hydrogens is 388 g/mol. The number of hydrogen-bond acceptors (Lipinski definition) is 7. The summed E-state index contributed by atoms with van der Waals surface area (Å²) < 4.78 is 30.8. The number of carbonyl (C=O) groups is 1. The third-order valence-corrected chi connectivity index (χ3v) is 6.80. The lowest BCUT2D eigenvalue weighted by atomic mass is 10.3. The number of likely N-dealkylation sites (N-methyl/N-ethyl adjacent to an activating group) is 1. The van der Waals surface area contributed by atoms with Crippen molar-refractivity contribution in [2.75, 3.05) is 64.1 Å². The third-order valence-electron chi connectivity index (χ3n) is 4.48. The van der Waals surface area contributed by atoms with Crippen molar-refractivity contribution in [3.63, 3.8) is 0 Å². The molecule has 0 N–H and O–H groups in total. The van der Waals surface area contributed by atoms with Crippen molar-refractivity contribution in [2.24, 2.45) is 0 Å². The molecule has 8 nitrogen and oxygen atoms in total. The van der Waals surface area contributed by atoms with Gasteiger partial charge < -0.3 is 4.74 Å². The number of thiazole rings is 1. The molecule has 1 aromatic carbocycles. The van der Waals surface area contributed by atoms with Crippen LogP contribution in [0.2, 0.25) is 0 Å². The summed E-state index contributed by atoms with van der Waals surface area (Å²) in [6.45, 7) is 3.95. The number of nitrogens with zero attached hydrogens (tertiary/aromatic N) is 4. The number of fused-ring (bicyclic) bond motifs is 1. The van der Waals surface area contributed by atoms with Gasteiger partial charge in [-0.3, -0.25) is 14.6 Å². The van der Waals surface area contributed by atoms with Crippen molar-refractivity contribution in [1.29, 1.82) is 0 Å². The highest BCUT2D eigenvalue weighted by Crippen LogP contribution is 2.28. The molecular formula is C17H24N4O4S2. The molecule has 2 aromatic rings. The fourth-order valence-corrected chi connectivity index (χ4v) is 4.12. The molecule has 0 aliphatic carbocycles. The Morgan fingerprint density at radius 3 is 2.67 bits per heavy atom. The molecule has 0 unspecified atom stereocenters. The second-order valence-corrected chi connectivity index (χ2v) is 9.58. The van der Waals surface area contributed by atoms with E-state index in [0.29, 0.717) is 31.4 Å². The van der Waals surface area contributed by atoms with Crippen LogP contribution in [0.15, 0.2) is 24.3 Å². The second-order valence-electron chi connectivity index (χ2n) is 6.48.